The Balaban J connectivity index is 1.37. The minimum Gasteiger partial charge on any atom is -0.382 e. The van der Waals surface area contributed by atoms with Crippen molar-refractivity contribution < 1.29 is 0 Å². The minimum atomic E-state index is 0.565. The van der Waals surface area contributed by atoms with Crippen LogP contribution in [0.25, 0.3) is 0 Å². The largest absolute Gasteiger partial charge is 0.382 e. The number of rotatable bonds is 5. The molecule has 2 aliphatic rings. The van der Waals surface area contributed by atoms with Crippen molar-refractivity contribution in [3.05, 3.63) is 36.0 Å². The third kappa shape index (κ3) is 4.09. The lowest BCUT2D eigenvalue weighted by Gasteiger charge is -2.32. The second kappa shape index (κ2) is 7.95. The Kier molecular flexibility index (Phi) is 5.24. The average molecular weight is 353 g/mol. The highest BCUT2D eigenvalue weighted by Crippen LogP contribution is 2.23. The van der Waals surface area contributed by atoms with Crippen LogP contribution in [0.5, 0.6) is 0 Å². The Morgan fingerprint density at radius 1 is 1.00 bits per heavy atom. The predicted molar refractivity (Wildman–Crippen MR) is 102 cm³/mol. The lowest BCUT2D eigenvalue weighted by atomic mass is 9.93. The zero-order valence-electron chi connectivity index (χ0n) is 15.2. The molecule has 2 aliphatic heterocycles. The van der Waals surface area contributed by atoms with Crippen molar-refractivity contribution in [1.29, 1.82) is 0 Å². The first-order chi connectivity index (χ1) is 12.8. The number of nitrogens with two attached hydrogens (primary N) is 1. The van der Waals surface area contributed by atoms with E-state index >= 15 is 0 Å². The normalized spacial score (nSPS) is 21.2. The van der Waals surface area contributed by atoms with Gasteiger partial charge in [-0.25, -0.2) is 15.0 Å². The maximum absolute atomic E-state index is 5.96. The van der Waals surface area contributed by atoms with E-state index in [0.29, 0.717) is 11.7 Å². The minimum absolute atomic E-state index is 0.565. The first-order valence-corrected chi connectivity index (χ1v) is 9.62. The zero-order chi connectivity index (χ0) is 17.8. The van der Waals surface area contributed by atoms with Gasteiger partial charge in [0.1, 0.15) is 5.82 Å². The Morgan fingerprint density at radius 3 is 2.69 bits per heavy atom. The molecule has 0 unspecified atom stereocenters. The van der Waals surface area contributed by atoms with Crippen LogP contribution in [0.15, 0.2) is 24.7 Å². The predicted octanol–water partition coefficient (Wildman–Crippen LogP) is 1.90. The van der Waals surface area contributed by atoms with Gasteiger partial charge in [-0.2, -0.15) is 0 Å². The Hall–Kier alpha value is -2.28. The Bertz CT molecular complexity index is 729. The van der Waals surface area contributed by atoms with Gasteiger partial charge in [-0.15, -0.1) is 0 Å². The summed E-state index contributed by atoms with van der Waals surface area (Å²) in [4.78, 5) is 22.6. The van der Waals surface area contributed by atoms with E-state index in [4.69, 9.17) is 10.7 Å². The Labute approximate surface area is 154 Å². The third-order valence-corrected chi connectivity index (χ3v) is 5.37. The summed E-state index contributed by atoms with van der Waals surface area (Å²) >= 11 is 0. The van der Waals surface area contributed by atoms with Crippen molar-refractivity contribution in [2.24, 2.45) is 5.92 Å². The maximum atomic E-state index is 5.96. The van der Waals surface area contributed by atoms with E-state index in [-0.39, 0.29) is 0 Å². The van der Waals surface area contributed by atoms with Crippen molar-refractivity contribution in [1.82, 2.24) is 24.8 Å². The van der Waals surface area contributed by atoms with Crippen molar-refractivity contribution in [3.8, 4) is 0 Å². The summed E-state index contributed by atoms with van der Waals surface area (Å²) in [5.74, 6) is 2.03. The number of nitrogen functional groups attached to an aromatic ring is 1. The molecule has 2 fully saturated rings. The lowest BCUT2D eigenvalue weighted by molar-refractivity contribution is 0.165. The highest BCUT2D eigenvalue weighted by molar-refractivity contribution is 5.33. The summed E-state index contributed by atoms with van der Waals surface area (Å²) in [7, 11) is 0. The van der Waals surface area contributed by atoms with Gasteiger partial charge in [0.15, 0.2) is 0 Å². The molecule has 4 rings (SSSR count). The first kappa shape index (κ1) is 17.1. The summed E-state index contributed by atoms with van der Waals surface area (Å²) in [6.07, 6.45) is 11.1. The van der Waals surface area contributed by atoms with Crippen LogP contribution in [0.3, 0.4) is 0 Å². The second-order valence-electron chi connectivity index (χ2n) is 7.38. The standard InChI is InChI=1S/C19H27N7/c20-18-17(21-7-8-22-18)12-15-4-3-9-25(13-15)14-16-5-6-23-19(24-16)26-10-1-2-11-26/h5-8,15H,1-4,9-14H2,(H2,20,22)/t15-/m0/s1. The van der Waals surface area contributed by atoms with E-state index in [1.807, 2.05) is 12.3 Å². The highest BCUT2D eigenvalue weighted by Gasteiger charge is 2.22. The number of piperidine rings is 1. The fourth-order valence-electron chi connectivity index (χ4n) is 4.04. The quantitative estimate of drug-likeness (QED) is 0.879. The van der Waals surface area contributed by atoms with E-state index < -0.39 is 0 Å². The smallest absolute Gasteiger partial charge is 0.225 e. The molecule has 1 atom stereocenters. The van der Waals surface area contributed by atoms with E-state index in [1.54, 1.807) is 12.4 Å². The number of hydrogen-bond acceptors (Lipinski definition) is 7. The molecule has 0 radical (unpaired) electrons. The van der Waals surface area contributed by atoms with Crippen molar-refractivity contribution >= 4 is 11.8 Å². The van der Waals surface area contributed by atoms with Crippen LogP contribution in [0.2, 0.25) is 0 Å². The van der Waals surface area contributed by atoms with E-state index in [9.17, 15) is 0 Å². The number of anilines is 2. The third-order valence-electron chi connectivity index (χ3n) is 5.37. The van der Waals surface area contributed by atoms with Crippen LogP contribution >= 0.6 is 0 Å². The summed E-state index contributed by atoms with van der Waals surface area (Å²) < 4.78 is 0. The van der Waals surface area contributed by atoms with E-state index in [2.05, 4.69) is 24.8 Å². The fraction of sp³-hybridized carbons (Fsp3) is 0.579. The molecule has 0 spiro atoms. The monoisotopic (exact) mass is 353 g/mol. The van der Waals surface area contributed by atoms with Crippen LogP contribution in [0.4, 0.5) is 11.8 Å². The highest BCUT2D eigenvalue weighted by atomic mass is 15.3. The summed E-state index contributed by atoms with van der Waals surface area (Å²) in [5.41, 5.74) is 8.00. The van der Waals surface area contributed by atoms with Crippen LogP contribution in [0.1, 0.15) is 37.1 Å². The molecule has 7 heteroatoms. The van der Waals surface area contributed by atoms with Crippen molar-refractivity contribution in [2.45, 2.75) is 38.6 Å². The molecule has 0 aliphatic carbocycles. The fourth-order valence-corrected chi connectivity index (χ4v) is 4.04. The molecule has 0 aromatic carbocycles. The van der Waals surface area contributed by atoms with Crippen LogP contribution < -0.4 is 10.6 Å². The molecule has 0 amide bonds. The molecule has 4 heterocycles. The molecule has 7 nitrogen and oxygen atoms in total. The summed E-state index contributed by atoms with van der Waals surface area (Å²) in [6, 6.07) is 2.05. The second-order valence-corrected chi connectivity index (χ2v) is 7.38. The molecular formula is C19H27N7. The van der Waals surface area contributed by atoms with Gasteiger partial charge in [-0.05, 0) is 50.6 Å². The lowest BCUT2D eigenvalue weighted by Crippen LogP contribution is -2.36. The first-order valence-electron chi connectivity index (χ1n) is 9.62. The molecule has 2 N–H and O–H groups in total. The van der Waals surface area contributed by atoms with E-state index in [1.165, 1.54) is 25.7 Å². The zero-order valence-corrected chi connectivity index (χ0v) is 15.2. The van der Waals surface area contributed by atoms with Crippen LogP contribution in [0, 0.1) is 5.92 Å². The van der Waals surface area contributed by atoms with Crippen LogP contribution in [-0.4, -0.2) is 51.0 Å². The van der Waals surface area contributed by atoms with E-state index in [0.717, 1.165) is 56.5 Å². The van der Waals surface area contributed by atoms with Gasteiger partial charge in [-0.3, -0.25) is 9.88 Å². The molecular weight excluding hydrogens is 326 g/mol. The maximum Gasteiger partial charge on any atom is 0.225 e. The molecule has 26 heavy (non-hydrogen) atoms. The van der Waals surface area contributed by atoms with Gasteiger partial charge in [-0.1, -0.05) is 0 Å². The van der Waals surface area contributed by atoms with Crippen molar-refractivity contribution in [2.75, 3.05) is 36.8 Å². The molecule has 0 saturated carbocycles. The topological polar surface area (TPSA) is 84.1 Å². The van der Waals surface area contributed by atoms with Gasteiger partial charge in [0, 0.05) is 44.8 Å². The molecule has 0 bridgehead atoms. The molecule has 2 saturated heterocycles. The van der Waals surface area contributed by atoms with Gasteiger partial charge in [0.05, 0.1) is 11.4 Å². The van der Waals surface area contributed by atoms with Gasteiger partial charge < -0.3 is 10.6 Å². The van der Waals surface area contributed by atoms with Crippen LogP contribution in [-0.2, 0) is 13.0 Å². The molecule has 138 valence electrons. The van der Waals surface area contributed by atoms with Gasteiger partial charge in [0.2, 0.25) is 5.95 Å². The summed E-state index contributed by atoms with van der Waals surface area (Å²) in [5, 5.41) is 0. The average Bonchev–Trinajstić information content (AvgIpc) is 3.19. The molecule has 2 aromatic rings. The summed E-state index contributed by atoms with van der Waals surface area (Å²) in [6.45, 7) is 5.22. The number of hydrogen-bond donors (Lipinski definition) is 1. The number of nitrogens with zero attached hydrogens (tertiary/aromatic N) is 6. The van der Waals surface area contributed by atoms with Gasteiger partial charge in [0.25, 0.3) is 0 Å². The SMILES string of the molecule is Nc1nccnc1C[C@@H]1CCCN(Cc2ccnc(N3CCCC3)n2)C1. The number of likely N-dealkylation sites (tertiary alicyclic amines) is 1. The van der Waals surface area contributed by atoms with Gasteiger partial charge >= 0.3 is 0 Å². The van der Waals surface area contributed by atoms with Crippen molar-refractivity contribution in [3.63, 3.8) is 0 Å². The molecule has 2 aromatic heterocycles. The Morgan fingerprint density at radius 2 is 1.85 bits per heavy atom. The number of aromatic nitrogens is 4.